The number of aliphatic hydroxyl groups is 1. The molecule has 392 valence electrons. The third kappa shape index (κ3) is 9.82. The van der Waals surface area contributed by atoms with E-state index in [-0.39, 0.29) is 0 Å². The van der Waals surface area contributed by atoms with E-state index in [4.69, 9.17) is 35.0 Å². The molecule has 11 heterocycles. The number of benzene rings is 4. The molecule has 1 N–H and O–H groups in total. The van der Waals surface area contributed by atoms with Gasteiger partial charge in [-0.25, -0.2) is 29.9 Å². The van der Waals surface area contributed by atoms with Crippen LogP contribution < -0.4 is 0 Å². The molecule has 0 atom stereocenters. The minimum absolute atomic E-state index is 1.00. The number of hydrogen-bond acceptors (Lipinski definition) is 18. The molecule has 80 heavy (non-hydrogen) atoms. The average molecular weight is 1150 g/mol. The zero-order valence-corrected chi connectivity index (χ0v) is 49.1. The topological polar surface area (TPSA) is 162 Å². The number of hydrogen-bond donors (Lipinski definition) is 1. The van der Waals surface area contributed by atoms with Crippen molar-refractivity contribution >= 4 is 129 Å². The van der Waals surface area contributed by atoms with Crippen LogP contribution in [0.1, 0.15) is 33.4 Å². The maximum atomic E-state index is 7.00. The van der Waals surface area contributed by atoms with Crippen molar-refractivity contribution in [2.45, 2.75) is 41.5 Å². The van der Waals surface area contributed by atoms with E-state index < -0.39 is 0 Å². The lowest BCUT2D eigenvalue weighted by atomic mass is 10.1. The summed E-state index contributed by atoms with van der Waals surface area (Å²) < 4.78 is 7.38. The lowest BCUT2D eigenvalue weighted by molar-refractivity contribution is 0.399. The van der Waals surface area contributed by atoms with Crippen LogP contribution in [0.15, 0.2) is 153 Å². The Balaban J connectivity index is 0.000000118. The molecule has 12 nitrogen and oxygen atoms in total. The second kappa shape index (κ2) is 22.6. The van der Waals surface area contributed by atoms with Gasteiger partial charge in [0.2, 0.25) is 0 Å². The molecule has 11 aromatic heterocycles. The number of fused-ring (bicyclic) bond motifs is 6. The highest BCUT2D eigenvalue weighted by Gasteiger charge is 2.22. The van der Waals surface area contributed by atoms with E-state index in [0.29, 0.717) is 0 Å². The summed E-state index contributed by atoms with van der Waals surface area (Å²) >= 11 is 10.4. The van der Waals surface area contributed by atoms with Gasteiger partial charge < -0.3 is 5.11 Å². The maximum absolute atomic E-state index is 7.00. The molecule has 0 bridgehead atoms. The van der Waals surface area contributed by atoms with Gasteiger partial charge in [0.25, 0.3) is 0 Å². The number of aryl methyl sites for hydroxylation is 6. The molecule has 0 saturated carbocycles. The van der Waals surface area contributed by atoms with Crippen LogP contribution in [0.4, 0.5) is 0 Å². The van der Waals surface area contributed by atoms with Crippen molar-refractivity contribution < 1.29 is 5.11 Å². The summed E-state index contributed by atoms with van der Waals surface area (Å²) in [4.78, 5) is 50.1. The molecule has 0 spiro atoms. The van der Waals surface area contributed by atoms with Gasteiger partial charge in [-0.1, -0.05) is 30.3 Å². The SMILES string of the molecule is CO.Cc1c2nc(-c3ccncc3)sc2c(C)c2nc(-c3ccccc3)sc12.Cc1c2nc(-c3ccncc3)sc2c(C)c2nc(-c3ccncc3)sc12.Cc1c2nc(-c3ccncc3)sc2c(C)c2sc(-c3ccncc3)nc12. The Hall–Kier alpha value is -8.07. The summed E-state index contributed by atoms with van der Waals surface area (Å²) in [6.07, 6.45) is 18.1. The molecule has 15 rings (SSSR count). The second-order valence-electron chi connectivity index (χ2n) is 18.5. The van der Waals surface area contributed by atoms with E-state index in [9.17, 15) is 0 Å². The summed E-state index contributed by atoms with van der Waals surface area (Å²) in [7, 11) is 1.00. The highest BCUT2D eigenvalue weighted by molar-refractivity contribution is 7.25. The van der Waals surface area contributed by atoms with Crippen molar-refractivity contribution in [3.8, 4) is 63.4 Å². The van der Waals surface area contributed by atoms with Gasteiger partial charge in [-0.15, -0.1) is 68.0 Å². The Kier molecular flexibility index (Phi) is 14.9. The average Bonchev–Trinajstić information content (AvgIpc) is 4.60. The standard InChI is InChI=1S/C21H15N3S2.2C20H14N4S2.CH4O/c1-12-16-18(25-20(23-16)14-6-4-3-5-7-14)13(2)17-19(12)26-21(24-17)15-8-10-22-11-9-15;1-11-15-18(26-19(23-15)13-3-7-21-8-4-13)12(2)16-17(11)25-20(24-16)14-5-9-22-10-6-14;1-11-15-17(25-19(23-15)13-3-7-21-8-4-13)12(2)18-16(11)24-20(26-18)14-5-9-22-10-6-14;1-2/h3-11H,1-2H3;2*3-10H,1-2H3;2H,1H3. The lowest BCUT2D eigenvalue weighted by Crippen LogP contribution is -1.84. The molecule has 18 heteroatoms. The predicted octanol–water partition coefficient (Wildman–Crippen LogP) is 17.2. The molecule has 15 aromatic rings. The Morgan fingerprint density at radius 2 is 0.425 bits per heavy atom. The van der Waals surface area contributed by atoms with Gasteiger partial charge in [0.1, 0.15) is 30.0 Å². The van der Waals surface area contributed by atoms with Crippen LogP contribution in [-0.4, -0.2) is 67.0 Å². The molecule has 0 fully saturated rings. The third-order valence-corrected chi connectivity index (χ3v) is 20.9. The fourth-order valence-corrected chi connectivity index (χ4v) is 16.3. The molecule has 0 radical (unpaired) electrons. The van der Waals surface area contributed by atoms with Gasteiger partial charge in [0.05, 0.1) is 61.3 Å². The first-order valence-corrected chi connectivity index (χ1v) is 30.2. The summed E-state index contributed by atoms with van der Waals surface area (Å²) in [6, 6.07) is 30.4. The Morgan fingerprint density at radius 3 is 0.650 bits per heavy atom. The highest BCUT2D eigenvalue weighted by Crippen LogP contribution is 2.45. The van der Waals surface area contributed by atoms with Crippen LogP contribution in [0.25, 0.3) is 125 Å². The number of aliphatic hydroxyl groups excluding tert-OH is 1. The van der Waals surface area contributed by atoms with Crippen LogP contribution in [0.2, 0.25) is 0 Å². The highest BCUT2D eigenvalue weighted by atomic mass is 32.1. The summed E-state index contributed by atoms with van der Waals surface area (Å²) in [5.74, 6) is 0. The lowest BCUT2D eigenvalue weighted by Gasteiger charge is -2.00. The molecule has 4 aromatic carbocycles. The van der Waals surface area contributed by atoms with Gasteiger partial charge in [0, 0.05) is 108 Å². The third-order valence-electron chi connectivity index (χ3n) is 13.6. The molecule has 0 saturated heterocycles. The minimum Gasteiger partial charge on any atom is -0.400 e. The first kappa shape index (κ1) is 52.6. The predicted molar refractivity (Wildman–Crippen MR) is 337 cm³/mol. The number of pyridine rings is 5. The zero-order chi connectivity index (χ0) is 55.0. The van der Waals surface area contributed by atoms with Crippen molar-refractivity contribution in [3.05, 3.63) is 186 Å². The van der Waals surface area contributed by atoms with Crippen LogP contribution in [0.3, 0.4) is 0 Å². The van der Waals surface area contributed by atoms with Crippen LogP contribution in [-0.2, 0) is 0 Å². The molecular weight excluding hydrogens is 1110 g/mol. The quantitative estimate of drug-likeness (QED) is 0.168. The minimum atomic E-state index is 1.00. The number of nitrogens with zero attached hydrogens (tertiary/aromatic N) is 11. The van der Waals surface area contributed by atoms with Crippen molar-refractivity contribution in [3.63, 3.8) is 0 Å². The van der Waals surface area contributed by atoms with Gasteiger partial charge in [-0.05, 0) is 130 Å². The monoisotopic (exact) mass is 1150 g/mol. The number of aromatic nitrogens is 11. The Labute approximate surface area is 484 Å². The van der Waals surface area contributed by atoms with E-state index in [2.05, 4.69) is 90.7 Å². The van der Waals surface area contributed by atoms with Crippen LogP contribution in [0, 0.1) is 41.5 Å². The fourth-order valence-electron chi connectivity index (χ4n) is 9.41. The smallest absolute Gasteiger partial charge is 0.124 e. The van der Waals surface area contributed by atoms with Crippen molar-refractivity contribution in [1.29, 1.82) is 0 Å². The normalized spacial score (nSPS) is 11.2. The van der Waals surface area contributed by atoms with Crippen molar-refractivity contribution in [2.75, 3.05) is 7.11 Å². The zero-order valence-electron chi connectivity index (χ0n) is 44.2. The summed E-state index contributed by atoms with van der Waals surface area (Å²) in [5, 5.41) is 13.2. The largest absolute Gasteiger partial charge is 0.400 e. The number of rotatable bonds is 6. The first-order chi connectivity index (χ1) is 39.2. The van der Waals surface area contributed by atoms with Crippen LogP contribution in [0.5, 0.6) is 0 Å². The molecule has 0 aliphatic carbocycles. The van der Waals surface area contributed by atoms with Crippen molar-refractivity contribution in [2.24, 2.45) is 0 Å². The maximum Gasteiger partial charge on any atom is 0.124 e. The van der Waals surface area contributed by atoms with Crippen LogP contribution >= 0.6 is 68.0 Å². The molecular formula is C62H47N11OS6. The molecule has 0 aliphatic heterocycles. The van der Waals surface area contributed by atoms with Gasteiger partial charge in [0.15, 0.2) is 0 Å². The summed E-state index contributed by atoms with van der Waals surface area (Å²) in [6.45, 7) is 12.9. The van der Waals surface area contributed by atoms with E-state index in [1.54, 1.807) is 68.0 Å². The van der Waals surface area contributed by atoms with E-state index >= 15 is 0 Å². The first-order valence-electron chi connectivity index (χ1n) is 25.3. The van der Waals surface area contributed by atoms with E-state index in [1.807, 2.05) is 129 Å². The van der Waals surface area contributed by atoms with Gasteiger partial charge in [-0.2, -0.15) is 0 Å². The van der Waals surface area contributed by atoms with E-state index in [0.717, 1.165) is 104 Å². The Morgan fingerprint density at radius 1 is 0.237 bits per heavy atom. The Bertz CT molecular complexity index is 3750. The van der Waals surface area contributed by atoms with Crippen molar-refractivity contribution in [1.82, 2.24) is 54.8 Å². The number of thiazole rings is 6. The molecule has 0 amide bonds. The van der Waals surface area contributed by atoms with Gasteiger partial charge >= 0.3 is 0 Å². The molecule has 0 unspecified atom stereocenters. The fraction of sp³-hybridized carbons (Fsp3) is 0.113. The summed E-state index contributed by atoms with van der Waals surface area (Å²) in [5.41, 5.74) is 20.4. The van der Waals surface area contributed by atoms with E-state index in [1.165, 1.54) is 61.6 Å². The second-order valence-corrected chi connectivity index (χ2v) is 24.5. The molecule has 0 aliphatic rings. The van der Waals surface area contributed by atoms with Gasteiger partial charge in [-0.3, -0.25) is 24.9 Å².